The van der Waals surface area contributed by atoms with Crippen LogP contribution in [-0.4, -0.2) is 12.7 Å². The number of nitriles is 1. The Labute approximate surface area is 61.1 Å². The zero-order chi connectivity index (χ0) is 7.40. The van der Waals surface area contributed by atoms with Gasteiger partial charge in [0.1, 0.15) is 0 Å². The molecule has 0 amide bonds. The smallest absolute Gasteiger partial charge is 0.0912 e. The fourth-order valence-corrected chi connectivity index (χ4v) is 1.13. The Kier molecular flexibility index (Phi) is 2.47. The summed E-state index contributed by atoms with van der Waals surface area (Å²) in [5.41, 5.74) is 1.06. The van der Waals surface area contributed by atoms with Crippen LogP contribution in [-0.2, 0) is 4.74 Å². The van der Waals surface area contributed by atoms with Gasteiger partial charge in [-0.3, -0.25) is 0 Å². The van der Waals surface area contributed by atoms with Crippen molar-refractivity contribution in [1.82, 2.24) is 0 Å². The maximum absolute atomic E-state index is 8.32. The summed E-state index contributed by atoms with van der Waals surface area (Å²) in [7, 11) is 0. The maximum Gasteiger partial charge on any atom is 0.0912 e. The molecule has 1 rings (SSSR count). The topological polar surface area (TPSA) is 33.0 Å². The molecule has 1 heterocycles. The third-order valence-electron chi connectivity index (χ3n) is 1.73. The molecule has 1 aliphatic rings. The lowest BCUT2D eigenvalue weighted by Crippen LogP contribution is -2.05. The molecule has 0 aliphatic carbocycles. The second-order valence-corrected chi connectivity index (χ2v) is 2.52. The number of nitrogens with zero attached hydrogens (tertiary/aromatic N) is 1. The van der Waals surface area contributed by atoms with E-state index in [1.54, 1.807) is 6.08 Å². The first-order valence-electron chi connectivity index (χ1n) is 3.52. The average molecular weight is 137 g/mol. The van der Waals surface area contributed by atoms with Crippen LogP contribution in [0.4, 0.5) is 0 Å². The molecule has 0 aromatic heterocycles. The molecule has 1 aliphatic heterocycles. The summed E-state index contributed by atoms with van der Waals surface area (Å²) >= 11 is 0. The molecule has 1 saturated heterocycles. The zero-order valence-electron chi connectivity index (χ0n) is 6.13. The van der Waals surface area contributed by atoms with Crippen molar-refractivity contribution < 1.29 is 4.74 Å². The minimum absolute atomic E-state index is 0.222. The molecule has 0 saturated carbocycles. The predicted octanol–water partition coefficient (Wildman–Crippen LogP) is 1.64. The third-order valence-corrected chi connectivity index (χ3v) is 1.73. The summed E-state index contributed by atoms with van der Waals surface area (Å²) < 4.78 is 5.35. The Balaban J connectivity index is 2.49. The predicted molar refractivity (Wildman–Crippen MR) is 38.3 cm³/mol. The van der Waals surface area contributed by atoms with E-state index < -0.39 is 0 Å². The van der Waals surface area contributed by atoms with E-state index in [-0.39, 0.29) is 6.10 Å². The number of ether oxygens (including phenoxy) is 1. The van der Waals surface area contributed by atoms with Gasteiger partial charge in [0.2, 0.25) is 0 Å². The van der Waals surface area contributed by atoms with Gasteiger partial charge in [-0.25, -0.2) is 0 Å². The highest BCUT2D eigenvalue weighted by Gasteiger charge is 2.16. The monoisotopic (exact) mass is 137 g/mol. The Hall–Kier alpha value is -0.810. The number of allylic oxidation sites excluding steroid dienone is 1. The number of hydrogen-bond donors (Lipinski definition) is 0. The first-order chi connectivity index (χ1) is 4.84. The molecule has 1 atom stereocenters. The van der Waals surface area contributed by atoms with Crippen LogP contribution in [0.25, 0.3) is 0 Å². The van der Waals surface area contributed by atoms with Crippen molar-refractivity contribution in [3.05, 3.63) is 11.6 Å². The van der Waals surface area contributed by atoms with Crippen molar-refractivity contribution in [3.63, 3.8) is 0 Å². The standard InChI is InChI=1S/C8H11NO/c1-7(4-5-9)8-3-2-6-10-8/h4,8H,2-3,6H2,1H3/b7-4+. The summed E-state index contributed by atoms with van der Waals surface area (Å²) in [5, 5.41) is 8.32. The van der Waals surface area contributed by atoms with E-state index in [1.807, 2.05) is 13.0 Å². The van der Waals surface area contributed by atoms with Crippen molar-refractivity contribution in [2.45, 2.75) is 25.9 Å². The Bertz CT molecular complexity index is 172. The summed E-state index contributed by atoms with van der Waals surface area (Å²) in [6.07, 6.45) is 3.99. The van der Waals surface area contributed by atoms with Gasteiger partial charge in [0, 0.05) is 12.7 Å². The molecule has 1 fully saturated rings. The first kappa shape index (κ1) is 7.30. The molecule has 10 heavy (non-hydrogen) atoms. The Morgan fingerprint density at radius 3 is 3.10 bits per heavy atom. The Morgan fingerprint density at radius 2 is 2.60 bits per heavy atom. The second kappa shape index (κ2) is 3.38. The third kappa shape index (κ3) is 1.58. The molecule has 0 N–H and O–H groups in total. The van der Waals surface area contributed by atoms with Gasteiger partial charge < -0.3 is 4.74 Å². The molecule has 0 radical (unpaired) electrons. The quantitative estimate of drug-likeness (QED) is 0.514. The van der Waals surface area contributed by atoms with Gasteiger partial charge in [0.15, 0.2) is 0 Å². The highest BCUT2D eigenvalue weighted by Crippen LogP contribution is 2.18. The van der Waals surface area contributed by atoms with E-state index >= 15 is 0 Å². The fraction of sp³-hybridized carbons (Fsp3) is 0.625. The molecule has 54 valence electrons. The van der Waals surface area contributed by atoms with Crippen LogP contribution >= 0.6 is 0 Å². The van der Waals surface area contributed by atoms with Crippen molar-refractivity contribution >= 4 is 0 Å². The lowest BCUT2D eigenvalue weighted by Gasteiger charge is -2.06. The molecule has 0 aromatic rings. The second-order valence-electron chi connectivity index (χ2n) is 2.52. The van der Waals surface area contributed by atoms with Crippen molar-refractivity contribution in [1.29, 1.82) is 5.26 Å². The molecule has 0 bridgehead atoms. The van der Waals surface area contributed by atoms with Crippen LogP contribution in [0.3, 0.4) is 0 Å². The normalized spacial score (nSPS) is 26.4. The maximum atomic E-state index is 8.32. The minimum atomic E-state index is 0.222. The highest BCUT2D eigenvalue weighted by atomic mass is 16.5. The van der Waals surface area contributed by atoms with Crippen molar-refractivity contribution in [2.75, 3.05) is 6.61 Å². The zero-order valence-corrected chi connectivity index (χ0v) is 6.13. The lowest BCUT2D eigenvalue weighted by atomic mass is 10.1. The van der Waals surface area contributed by atoms with Crippen LogP contribution in [0.5, 0.6) is 0 Å². The van der Waals surface area contributed by atoms with E-state index in [2.05, 4.69) is 0 Å². The molecule has 2 nitrogen and oxygen atoms in total. The van der Waals surface area contributed by atoms with E-state index in [9.17, 15) is 0 Å². The van der Waals surface area contributed by atoms with Crippen molar-refractivity contribution in [2.24, 2.45) is 0 Å². The van der Waals surface area contributed by atoms with Gasteiger partial charge in [0.05, 0.1) is 12.2 Å². The molecule has 0 spiro atoms. The number of hydrogen-bond acceptors (Lipinski definition) is 2. The van der Waals surface area contributed by atoms with Crippen LogP contribution in [0.1, 0.15) is 19.8 Å². The molecule has 1 unspecified atom stereocenters. The van der Waals surface area contributed by atoms with Crippen molar-refractivity contribution in [3.8, 4) is 6.07 Å². The van der Waals surface area contributed by atoms with E-state index in [0.717, 1.165) is 25.0 Å². The van der Waals surface area contributed by atoms with Gasteiger partial charge in [0.25, 0.3) is 0 Å². The molecular weight excluding hydrogens is 126 g/mol. The fourth-order valence-electron chi connectivity index (χ4n) is 1.13. The largest absolute Gasteiger partial charge is 0.374 e. The highest BCUT2D eigenvalue weighted by molar-refractivity contribution is 5.15. The van der Waals surface area contributed by atoms with Gasteiger partial charge in [-0.2, -0.15) is 5.26 Å². The summed E-state index contributed by atoms with van der Waals surface area (Å²) in [4.78, 5) is 0. The average Bonchev–Trinajstić information content (AvgIpc) is 2.38. The summed E-state index contributed by atoms with van der Waals surface area (Å²) in [6, 6.07) is 2.00. The Morgan fingerprint density at radius 1 is 1.80 bits per heavy atom. The van der Waals surface area contributed by atoms with E-state index in [0.29, 0.717) is 0 Å². The van der Waals surface area contributed by atoms with Crippen LogP contribution in [0, 0.1) is 11.3 Å². The van der Waals surface area contributed by atoms with Crippen LogP contribution in [0.2, 0.25) is 0 Å². The van der Waals surface area contributed by atoms with E-state index in [1.165, 1.54) is 0 Å². The summed E-state index contributed by atoms with van der Waals surface area (Å²) in [6.45, 7) is 2.79. The van der Waals surface area contributed by atoms with Gasteiger partial charge in [-0.1, -0.05) is 0 Å². The number of rotatable bonds is 1. The minimum Gasteiger partial charge on any atom is -0.374 e. The van der Waals surface area contributed by atoms with Gasteiger partial charge in [-0.05, 0) is 25.3 Å². The van der Waals surface area contributed by atoms with Gasteiger partial charge >= 0.3 is 0 Å². The molecule has 0 aromatic carbocycles. The SMILES string of the molecule is C/C(=C\C#N)C1CCCO1. The molecule has 2 heteroatoms. The van der Waals surface area contributed by atoms with E-state index in [4.69, 9.17) is 10.00 Å². The van der Waals surface area contributed by atoms with Crippen LogP contribution < -0.4 is 0 Å². The van der Waals surface area contributed by atoms with Gasteiger partial charge in [-0.15, -0.1) is 0 Å². The van der Waals surface area contributed by atoms with Crippen LogP contribution in [0.15, 0.2) is 11.6 Å². The molecular formula is C8H11NO. The summed E-state index contributed by atoms with van der Waals surface area (Å²) in [5.74, 6) is 0. The first-order valence-corrected chi connectivity index (χ1v) is 3.52. The lowest BCUT2D eigenvalue weighted by molar-refractivity contribution is 0.137.